The quantitative estimate of drug-likeness (QED) is 0.480. The summed E-state index contributed by atoms with van der Waals surface area (Å²) < 4.78 is 11.4. The van der Waals surface area contributed by atoms with Gasteiger partial charge in [0, 0.05) is 5.39 Å². The molecule has 0 saturated heterocycles. The summed E-state index contributed by atoms with van der Waals surface area (Å²) in [6.07, 6.45) is 1.67. The normalized spacial score (nSPS) is 13.5. The van der Waals surface area contributed by atoms with Gasteiger partial charge in [0.05, 0.1) is 17.2 Å². The molecule has 0 aliphatic heterocycles. The first-order valence-corrected chi connectivity index (χ1v) is 10.2. The smallest absolute Gasteiger partial charge is 0.275 e. The van der Waals surface area contributed by atoms with Crippen molar-refractivity contribution in [2.24, 2.45) is 0 Å². The van der Waals surface area contributed by atoms with E-state index in [1.54, 1.807) is 17.6 Å². The second kappa shape index (κ2) is 8.46. The predicted molar refractivity (Wildman–Crippen MR) is 109 cm³/mol. The summed E-state index contributed by atoms with van der Waals surface area (Å²) in [5, 5.41) is 6.17. The molecule has 6 heteroatoms. The lowest BCUT2D eigenvalue weighted by Gasteiger charge is -2.19. The minimum atomic E-state index is -0.188. The third-order valence-corrected chi connectivity index (χ3v) is 5.54. The number of hydrogen-bond acceptors (Lipinski definition) is 4. The zero-order valence-corrected chi connectivity index (χ0v) is 16.5. The van der Waals surface area contributed by atoms with E-state index in [4.69, 9.17) is 8.83 Å². The molecule has 0 aliphatic rings. The standard InChI is InChI=1S/C22H22N2O3S/c1-16(21-12-17-6-2-3-9-20(17)27-21)23-22(25)15-24(13-18-7-4-10-26-18)14-19-8-5-11-28-19/h2-12,16H,13-15H2,1H3,(H,23,25)/p+1/t16-/m1/s1. The molecule has 0 bridgehead atoms. The van der Waals surface area contributed by atoms with Gasteiger partial charge < -0.3 is 19.1 Å². The van der Waals surface area contributed by atoms with Crippen LogP contribution in [0.25, 0.3) is 11.0 Å². The second-order valence-corrected chi connectivity index (χ2v) is 7.95. The van der Waals surface area contributed by atoms with Crippen LogP contribution in [0, 0.1) is 0 Å². The van der Waals surface area contributed by atoms with E-state index in [1.165, 1.54) is 4.88 Å². The first-order chi connectivity index (χ1) is 13.7. The Kier molecular flexibility index (Phi) is 5.60. The van der Waals surface area contributed by atoms with Gasteiger partial charge in [-0.1, -0.05) is 24.3 Å². The van der Waals surface area contributed by atoms with Gasteiger partial charge in [-0.2, -0.15) is 0 Å². The van der Waals surface area contributed by atoms with E-state index in [9.17, 15) is 4.79 Å². The van der Waals surface area contributed by atoms with Crippen LogP contribution in [-0.2, 0) is 17.9 Å². The second-order valence-electron chi connectivity index (χ2n) is 6.91. The lowest BCUT2D eigenvalue weighted by Crippen LogP contribution is -3.10. The molecule has 28 heavy (non-hydrogen) atoms. The van der Waals surface area contributed by atoms with Gasteiger partial charge in [-0.05, 0) is 42.6 Å². The third-order valence-electron chi connectivity index (χ3n) is 4.67. The topological polar surface area (TPSA) is 59.8 Å². The molecule has 0 aliphatic carbocycles. The van der Waals surface area contributed by atoms with Gasteiger partial charge in [0.15, 0.2) is 12.3 Å². The molecule has 144 valence electrons. The summed E-state index contributed by atoms with van der Waals surface area (Å²) in [5.41, 5.74) is 0.835. The molecule has 1 unspecified atom stereocenters. The molecule has 2 atom stereocenters. The Morgan fingerprint density at radius 1 is 1.14 bits per heavy atom. The van der Waals surface area contributed by atoms with Gasteiger partial charge in [0.2, 0.25) is 0 Å². The number of fused-ring (bicyclic) bond motifs is 1. The van der Waals surface area contributed by atoms with Crippen molar-refractivity contribution in [1.82, 2.24) is 5.32 Å². The third kappa shape index (κ3) is 4.52. The SMILES string of the molecule is C[C@@H](NC(=O)C[NH+](Cc1ccco1)Cc1cccs1)c1cc2ccccc2o1. The molecule has 0 saturated carbocycles. The molecular weight excluding hydrogens is 372 g/mol. The minimum absolute atomic E-state index is 0.00827. The predicted octanol–water partition coefficient (Wildman–Crippen LogP) is 3.55. The van der Waals surface area contributed by atoms with Crippen molar-refractivity contribution in [3.63, 3.8) is 0 Å². The van der Waals surface area contributed by atoms with Crippen LogP contribution in [-0.4, -0.2) is 12.5 Å². The van der Waals surface area contributed by atoms with Crippen LogP contribution in [0.2, 0.25) is 0 Å². The van der Waals surface area contributed by atoms with E-state index in [1.807, 2.05) is 55.5 Å². The maximum Gasteiger partial charge on any atom is 0.275 e. The van der Waals surface area contributed by atoms with E-state index in [0.29, 0.717) is 13.1 Å². The van der Waals surface area contributed by atoms with Crippen molar-refractivity contribution in [3.05, 3.63) is 82.6 Å². The molecule has 3 aromatic heterocycles. The van der Waals surface area contributed by atoms with Crippen molar-refractivity contribution >= 4 is 28.2 Å². The number of hydrogen-bond donors (Lipinski definition) is 2. The molecule has 4 aromatic rings. The van der Waals surface area contributed by atoms with Crippen molar-refractivity contribution in [2.45, 2.75) is 26.1 Å². The molecule has 5 nitrogen and oxygen atoms in total. The van der Waals surface area contributed by atoms with Crippen molar-refractivity contribution < 1.29 is 18.5 Å². The first kappa shape index (κ1) is 18.5. The Hall–Kier alpha value is -2.83. The van der Waals surface area contributed by atoms with Gasteiger partial charge in [-0.25, -0.2) is 0 Å². The highest BCUT2D eigenvalue weighted by atomic mass is 32.1. The fourth-order valence-corrected chi connectivity index (χ4v) is 4.09. The number of rotatable bonds is 8. The van der Waals surface area contributed by atoms with E-state index < -0.39 is 0 Å². The molecule has 2 N–H and O–H groups in total. The van der Waals surface area contributed by atoms with Crippen LogP contribution >= 0.6 is 11.3 Å². The molecule has 0 fully saturated rings. The van der Waals surface area contributed by atoms with Crippen LogP contribution < -0.4 is 10.2 Å². The number of carbonyl (C=O) groups is 1. The maximum atomic E-state index is 12.7. The van der Waals surface area contributed by atoms with E-state index in [-0.39, 0.29) is 11.9 Å². The van der Waals surface area contributed by atoms with Crippen LogP contribution in [0.5, 0.6) is 0 Å². The van der Waals surface area contributed by atoms with Gasteiger partial charge >= 0.3 is 0 Å². The van der Waals surface area contributed by atoms with E-state index in [0.717, 1.165) is 33.9 Å². The molecule has 4 rings (SSSR count). The van der Waals surface area contributed by atoms with Gasteiger partial charge in [0.25, 0.3) is 5.91 Å². The van der Waals surface area contributed by atoms with Gasteiger partial charge in [-0.3, -0.25) is 4.79 Å². The number of benzene rings is 1. The Labute approximate surface area is 167 Å². The molecule has 0 radical (unpaired) electrons. The van der Waals surface area contributed by atoms with Gasteiger partial charge in [-0.15, -0.1) is 11.3 Å². The summed E-state index contributed by atoms with van der Waals surface area (Å²) in [4.78, 5) is 15.1. The average Bonchev–Trinajstić information content (AvgIpc) is 3.43. The van der Waals surface area contributed by atoms with Crippen molar-refractivity contribution in [2.75, 3.05) is 6.54 Å². The summed E-state index contributed by atoms with van der Waals surface area (Å²) >= 11 is 1.71. The largest absolute Gasteiger partial charge is 0.463 e. The van der Waals surface area contributed by atoms with Crippen LogP contribution in [0.1, 0.15) is 29.4 Å². The number of para-hydroxylation sites is 1. The summed E-state index contributed by atoms with van der Waals surface area (Å²) in [6, 6.07) is 17.6. The number of furan rings is 2. The Bertz CT molecular complexity index is 952. The number of quaternary nitrogens is 1. The van der Waals surface area contributed by atoms with Crippen molar-refractivity contribution in [3.8, 4) is 0 Å². The first-order valence-electron chi connectivity index (χ1n) is 9.33. The number of thiophene rings is 1. The van der Waals surface area contributed by atoms with Crippen LogP contribution in [0.4, 0.5) is 0 Å². The number of carbonyl (C=O) groups excluding carboxylic acids is 1. The Morgan fingerprint density at radius 2 is 2.04 bits per heavy atom. The van der Waals surface area contributed by atoms with E-state index >= 15 is 0 Å². The molecule has 3 heterocycles. The summed E-state index contributed by atoms with van der Waals surface area (Å²) in [7, 11) is 0. The highest BCUT2D eigenvalue weighted by molar-refractivity contribution is 7.09. The highest BCUT2D eigenvalue weighted by Gasteiger charge is 2.20. The Balaban J connectivity index is 1.41. The maximum absolute atomic E-state index is 12.7. The lowest BCUT2D eigenvalue weighted by molar-refractivity contribution is -0.920. The fourth-order valence-electron chi connectivity index (χ4n) is 3.31. The van der Waals surface area contributed by atoms with Crippen LogP contribution in [0.3, 0.4) is 0 Å². The minimum Gasteiger partial charge on any atom is -0.463 e. The Morgan fingerprint density at radius 3 is 2.79 bits per heavy atom. The zero-order valence-electron chi connectivity index (χ0n) is 15.7. The zero-order chi connectivity index (χ0) is 19.3. The molecule has 1 aromatic carbocycles. The lowest BCUT2D eigenvalue weighted by atomic mass is 10.2. The number of nitrogens with one attached hydrogen (secondary N) is 2. The summed E-state index contributed by atoms with van der Waals surface area (Å²) in [6.45, 7) is 3.76. The number of amides is 1. The molecule has 1 amide bonds. The monoisotopic (exact) mass is 395 g/mol. The summed E-state index contributed by atoms with van der Waals surface area (Å²) in [5.74, 6) is 1.64. The molecule has 0 spiro atoms. The highest BCUT2D eigenvalue weighted by Crippen LogP contribution is 2.23. The van der Waals surface area contributed by atoms with Crippen molar-refractivity contribution in [1.29, 1.82) is 0 Å². The fraction of sp³-hybridized carbons (Fsp3) is 0.227. The van der Waals surface area contributed by atoms with E-state index in [2.05, 4.69) is 16.8 Å². The van der Waals surface area contributed by atoms with Gasteiger partial charge in [0.1, 0.15) is 24.4 Å². The average molecular weight is 396 g/mol. The molecular formula is C22H23N2O3S+. The van der Waals surface area contributed by atoms with Crippen LogP contribution in [0.15, 0.2) is 75.1 Å².